The molecule has 0 aliphatic heterocycles. The zero-order valence-corrected chi connectivity index (χ0v) is 11.2. The molecule has 0 fully saturated rings. The SMILES string of the molecule is Cc1nc(CN(C)c2c(F)cccc2CO)cs1. The van der Waals surface area contributed by atoms with Gasteiger partial charge in [0.05, 0.1) is 29.5 Å². The molecule has 0 radical (unpaired) electrons. The van der Waals surface area contributed by atoms with E-state index in [4.69, 9.17) is 0 Å². The molecular formula is C13H15FN2OS. The van der Waals surface area contributed by atoms with Gasteiger partial charge in [-0.2, -0.15) is 0 Å². The van der Waals surface area contributed by atoms with Crippen LogP contribution >= 0.6 is 11.3 Å². The summed E-state index contributed by atoms with van der Waals surface area (Å²) in [5.41, 5.74) is 1.93. The number of hydrogen-bond acceptors (Lipinski definition) is 4. The van der Waals surface area contributed by atoms with Gasteiger partial charge in [0.2, 0.25) is 0 Å². The molecule has 0 saturated heterocycles. The lowest BCUT2D eigenvalue weighted by molar-refractivity contribution is 0.281. The van der Waals surface area contributed by atoms with Gasteiger partial charge in [0.1, 0.15) is 5.82 Å². The number of aryl methyl sites for hydroxylation is 1. The average molecular weight is 266 g/mol. The van der Waals surface area contributed by atoms with Gasteiger partial charge in [-0.1, -0.05) is 12.1 Å². The van der Waals surface area contributed by atoms with E-state index in [2.05, 4.69) is 4.98 Å². The first-order chi connectivity index (χ1) is 8.61. The number of halogens is 1. The fourth-order valence-corrected chi connectivity index (χ4v) is 2.52. The number of para-hydroxylation sites is 1. The van der Waals surface area contributed by atoms with Crippen LogP contribution < -0.4 is 4.90 Å². The molecule has 2 aromatic rings. The highest BCUT2D eigenvalue weighted by molar-refractivity contribution is 7.09. The van der Waals surface area contributed by atoms with E-state index < -0.39 is 0 Å². The van der Waals surface area contributed by atoms with Gasteiger partial charge in [0.15, 0.2) is 0 Å². The van der Waals surface area contributed by atoms with Crippen molar-refractivity contribution in [2.75, 3.05) is 11.9 Å². The summed E-state index contributed by atoms with van der Waals surface area (Å²) in [6.07, 6.45) is 0. The third kappa shape index (κ3) is 2.68. The monoisotopic (exact) mass is 266 g/mol. The van der Waals surface area contributed by atoms with Crippen molar-refractivity contribution in [1.29, 1.82) is 0 Å². The molecule has 0 spiro atoms. The fraction of sp³-hybridized carbons (Fsp3) is 0.308. The molecule has 5 heteroatoms. The molecule has 0 amide bonds. The number of thiazole rings is 1. The molecule has 2 rings (SSSR count). The van der Waals surface area contributed by atoms with Crippen molar-refractivity contribution >= 4 is 17.0 Å². The Morgan fingerprint density at radius 1 is 1.44 bits per heavy atom. The van der Waals surface area contributed by atoms with Crippen LogP contribution in [0, 0.1) is 12.7 Å². The number of hydrogen-bond donors (Lipinski definition) is 1. The van der Waals surface area contributed by atoms with Crippen LogP contribution in [0.2, 0.25) is 0 Å². The topological polar surface area (TPSA) is 36.4 Å². The molecule has 96 valence electrons. The summed E-state index contributed by atoms with van der Waals surface area (Å²) < 4.78 is 13.8. The minimum atomic E-state index is -0.323. The fourth-order valence-electron chi connectivity index (χ4n) is 1.92. The number of nitrogens with zero attached hydrogens (tertiary/aromatic N) is 2. The number of aromatic nitrogens is 1. The van der Waals surface area contributed by atoms with Crippen molar-refractivity contribution in [3.63, 3.8) is 0 Å². The second-order valence-corrected chi connectivity index (χ2v) is 5.18. The summed E-state index contributed by atoms with van der Waals surface area (Å²) in [6, 6.07) is 4.73. The predicted octanol–water partition coefficient (Wildman–Crippen LogP) is 2.72. The minimum absolute atomic E-state index is 0.173. The Kier molecular flexibility index (Phi) is 3.93. The first kappa shape index (κ1) is 13.0. The number of aliphatic hydroxyl groups excluding tert-OH is 1. The van der Waals surface area contributed by atoms with E-state index in [9.17, 15) is 9.50 Å². The van der Waals surface area contributed by atoms with Crippen LogP contribution in [0.15, 0.2) is 23.6 Å². The number of rotatable bonds is 4. The van der Waals surface area contributed by atoms with E-state index in [1.807, 2.05) is 12.3 Å². The van der Waals surface area contributed by atoms with Gasteiger partial charge in [-0.3, -0.25) is 0 Å². The molecule has 0 saturated carbocycles. The zero-order valence-electron chi connectivity index (χ0n) is 10.4. The molecule has 0 atom stereocenters. The maximum absolute atomic E-state index is 13.8. The number of anilines is 1. The smallest absolute Gasteiger partial charge is 0.146 e. The van der Waals surface area contributed by atoms with Gasteiger partial charge in [-0.05, 0) is 13.0 Å². The van der Waals surface area contributed by atoms with Gasteiger partial charge in [-0.25, -0.2) is 9.37 Å². The zero-order chi connectivity index (χ0) is 13.1. The summed E-state index contributed by atoms with van der Waals surface area (Å²) in [6.45, 7) is 2.29. The standard InChI is InChI=1S/C13H15FN2OS/c1-9-15-11(8-18-9)6-16(2)13-10(7-17)4-3-5-12(13)14/h3-5,8,17H,6-7H2,1-2H3. The molecule has 0 bridgehead atoms. The summed E-state index contributed by atoms with van der Waals surface area (Å²) >= 11 is 1.57. The van der Waals surface area contributed by atoms with Crippen LogP contribution in [0.3, 0.4) is 0 Å². The predicted molar refractivity (Wildman–Crippen MR) is 71.3 cm³/mol. The normalized spacial score (nSPS) is 10.7. The Morgan fingerprint density at radius 3 is 2.83 bits per heavy atom. The maximum atomic E-state index is 13.8. The first-order valence-corrected chi connectivity index (χ1v) is 6.50. The van der Waals surface area contributed by atoms with Crippen molar-refractivity contribution in [2.45, 2.75) is 20.1 Å². The molecular weight excluding hydrogens is 251 g/mol. The first-order valence-electron chi connectivity index (χ1n) is 5.62. The Balaban J connectivity index is 2.25. The molecule has 1 aromatic carbocycles. The minimum Gasteiger partial charge on any atom is -0.392 e. The lowest BCUT2D eigenvalue weighted by Crippen LogP contribution is -2.19. The quantitative estimate of drug-likeness (QED) is 0.924. The van der Waals surface area contributed by atoms with Crippen LogP contribution in [0.1, 0.15) is 16.3 Å². The van der Waals surface area contributed by atoms with E-state index in [0.29, 0.717) is 17.8 Å². The molecule has 1 aromatic heterocycles. The highest BCUT2D eigenvalue weighted by atomic mass is 32.1. The van der Waals surface area contributed by atoms with Gasteiger partial charge >= 0.3 is 0 Å². The van der Waals surface area contributed by atoms with Crippen LogP contribution in [0.5, 0.6) is 0 Å². The van der Waals surface area contributed by atoms with Gasteiger partial charge < -0.3 is 10.0 Å². The van der Waals surface area contributed by atoms with Gasteiger partial charge in [-0.15, -0.1) is 11.3 Å². The van der Waals surface area contributed by atoms with Crippen LogP contribution in [0.4, 0.5) is 10.1 Å². The Labute approximate surface area is 110 Å². The second-order valence-electron chi connectivity index (χ2n) is 4.12. The third-order valence-corrected chi connectivity index (χ3v) is 3.51. The summed E-state index contributed by atoms with van der Waals surface area (Å²) in [5, 5.41) is 12.2. The van der Waals surface area contributed by atoms with Crippen molar-refractivity contribution in [3.8, 4) is 0 Å². The van der Waals surface area contributed by atoms with E-state index in [1.54, 1.807) is 35.4 Å². The average Bonchev–Trinajstić information content (AvgIpc) is 2.74. The van der Waals surface area contributed by atoms with E-state index in [-0.39, 0.29) is 12.4 Å². The van der Waals surface area contributed by atoms with Gasteiger partial charge in [0.25, 0.3) is 0 Å². The second kappa shape index (κ2) is 5.46. The molecule has 0 aliphatic rings. The highest BCUT2D eigenvalue weighted by Gasteiger charge is 2.13. The molecule has 0 aliphatic carbocycles. The lowest BCUT2D eigenvalue weighted by Gasteiger charge is -2.21. The van der Waals surface area contributed by atoms with E-state index in [0.717, 1.165) is 10.7 Å². The summed E-state index contributed by atoms with van der Waals surface area (Å²) in [5.74, 6) is -0.323. The van der Waals surface area contributed by atoms with Crippen molar-refractivity contribution in [1.82, 2.24) is 4.98 Å². The Hall–Kier alpha value is -1.46. The van der Waals surface area contributed by atoms with Crippen molar-refractivity contribution in [2.24, 2.45) is 0 Å². The number of benzene rings is 1. The van der Waals surface area contributed by atoms with E-state index >= 15 is 0 Å². The van der Waals surface area contributed by atoms with E-state index in [1.165, 1.54) is 6.07 Å². The van der Waals surface area contributed by atoms with Crippen molar-refractivity contribution < 1.29 is 9.50 Å². The van der Waals surface area contributed by atoms with Crippen LogP contribution in [-0.4, -0.2) is 17.1 Å². The molecule has 1 heterocycles. The van der Waals surface area contributed by atoms with Gasteiger partial charge in [0, 0.05) is 18.0 Å². The maximum Gasteiger partial charge on any atom is 0.146 e. The molecule has 0 unspecified atom stereocenters. The number of aliphatic hydroxyl groups is 1. The molecule has 3 nitrogen and oxygen atoms in total. The summed E-state index contributed by atoms with van der Waals surface area (Å²) in [4.78, 5) is 6.13. The summed E-state index contributed by atoms with van der Waals surface area (Å²) in [7, 11) is 1.80. The lowest BCUT2D eigenvalue weighted by atomic mass is 10.1. The molecule has 1 N–H and O–H groups in total. The Bertz CT molecular complexity index is 542. The Morgan fingerprint density at radius 2 is 2.22 bits per heavy atom. The highest BCUT2D eigenvalue weighted by Crippen LogP contribution is 2.25. The largest absolute Gasteiger partial charge is 0.392 e. The van der Waals surface area contributed by atoms with Crippen LogP contribution in [0.25, 0.3) is 0 Å². The van der Waals surface area contributed by atoms with Crippen LogP contribution in [-0.2, 0) is 13.2 Å². The molecule has 18 heavy (non-hydrogen) atoms. The van der Waals surface area contributed by atoms with Crippen molar-refractivity contribution in [3.05, 3.63) is 45.7 Å². The third-order valence-electron chi connectivity index (χ3n) is 2.69.